The van der Waals surface area contributed by atoms with E-state index in [-0.39, 0.29) is 22.3 Å². The summed E-state index contributed by atoms with van der Waals surface area (Å²) in [6.07, 6.45) is 5.37. The molecule has 1 atom stereocenters. The molecule has 1 nitrogen and oxygen atoms in total. The monoisotopic (exact) mass is 255 g/mol. The van der Waals surface area contributed by atoms with Gasteiger partial charge in [0, 0.05) is 11.5 Å². The lowest BCUT2D eigenvalue weighted by Gasteiger charge is -2.47. The van der Waals surface area contributed by atoms with Crippen LogP contribution in [-0.2, 0) is 5.41 Å². The van der Waals surface area contributed by atoms with Gasteiger partial charge < -0.3 is 5.73 Å². The van der Waals surface area contributed by atoms with Gasteiger partial charge in [-0.25, -0.2) is 4.39 Å². The van der Waals surface area contributed by atoms with Crippen molar-refractivity contribution in [3.63, 3.8) is 0 Å². The first kappa shape index (κ1) is 12.8. The number of nitrogens with two attached hydrogens (primary N) is 1. The lowest BCUT2D eigenvalue weighted by Crippen LogP contribution is -2.50. The summed E-state index contributed by atoms with van der Waals surface area (Å²) in [5.74, 6) is -0.334. The summed E-state index contributed by atoms with van der Waals surface area (Å²) in [6, 6.07) is 5.27. The van der Waals surface area contributed by atoms with Crippen LogP contribution in [0.3, 0.4) is 0 Å². The van der Waals surface area contributed by atoms with E-state index in [0.717, 1.165) is 31.2 Å². The minimum absolute atomic E-state index is 0.0125. The Morgan fingerprint density at radius 2 is 2.18 bits per heavy atom. The van der Waals surface area contributed by atoms with Crippen LogP contribution in [0.1, 0.15) is 44.6 Å². The van der Waals surface area contributed by atoms with Gasteiger partial charge in [0.2, 0.25) is 0 Å². The van der Waals surface area contributed by atoms with Gasteiger partial charge in [-0.15, -0.1) is 0 Å². The molecule has 0 heterocycles. The summed E-state index contributed by atoms with van der Waals surface area (Å²) < 4.78 is 13.5. The second-order valence-electron chi connectivity index (χ2n) is 5.03. The molecule has 3 heteroatoms. The van der Waals surface area contributed by atoms with Gasteiger partial charge in [-0.2, -0.15) is 0 Å². The summed E-state index contributed by atoms with van der Waals surface area (Å²) in [6.45, 7) is 2.13. The molecule has 0 bridgehead atoms. The molecule has 17 heavy (non-hydrogen) atoms. The molecule has 1 unspecified atom stereocenters. The molecule has 0 aliphatic heterocycles. The smallest absolute Gasteiger partial charge is 0.142 e. The molecule has 0 spiro atoms. The van der Waals surface area contributed by atoms with E-state index >= 15 is 0 Å². The van der Waals surface area contributed by atoms with E-state index in [1.54, 1.807) is 12.1 Å². The molecule has 2 rings (SSSR count). The third kappa shape index (κ3) is 2.21. The van der Waals surface area contributed by atoms with Gasteiger partial charge in [0.25, 0.3) is 0 Å². The third-order valence-corrected chi connectivity index (χ3v) is 4.36. The first-order valence-corrected chi connectivity index (χ1v) is 6.69. The van der Waals surface area contributed by atoms with E-state index in [2.05, 4.69) is 6.92 Å². The lowest BCUT2D eigenvalue weighted by atomic mass is 9.59. The van der Waals surface area contributed by atoms with E-state index in [1.165, 1.54) is 6.42 Å². The third-order valence-electron chi connectivity index (χ3n) is 4.05. The van der Waals surface area contributed by atoms with Crippen molar-refractivity contribution in [3.8, 4) is 0 Å². The van der Waals surface area contributed by atoms with E-state index in [0.29, 0.717) is 0 Å². The van der Waals surface area contributed by atoms with Crippen LogP contribution in [0.2, 0.25) is 5.02 Å². The second-order valence-corrected chi connectivity index (χ2v) is 5.44. The molecule has 1 saturated carbocycles. The standard InChI is InChI=1S/C14H19ClFN/c1-2-4-13(17)14(7-3-8-14)10-5-6-11(15)12(16)9-10/h5-6,9,13H,2-4,7-8,17H2,1H3. The van der Waals surface area contributed by atoms with Crippen molar-refractivity contribution in [1.82, 2.24) is 0 Å². The number of hydrogen-bond donors (Lipinski definition) is 1. The molecule has 1 aromatic carbocycles. The van der Waals surface area contributed by atoms with Gasteiger partial charge in [-0.3, -0.25) is 0 Å². The number of benzene rings is 1. The molecule has 1 fully saturated rings. The number of rotatable bonds is 4. The summed E-state index contributed by atoms with van der Waals surface area (Å²) in [5, 5.41) is 0.187. The molecular weight excluding hydrogens is 237 g/mol. The highest BCUT2D eigenvalue weighted by molar-refractivity contribution is 6.30. The molecular formula is C14H19ClFN. The number of halogens is 2. The zero-order chi connectivity index (χ0) is 12.5. The normalized spacial score (nSPS) is 19.8. The first-order valence-electron chi connectivity index (χ1n) is 6.31. The summed E-state index contributed by atoms with van der Waals surface area (Å²) in [4.78, 5) is 0. The highest BCUT2D eigenvalue weighted by atomic mass is 35.5. The maximum Gasteiger partial charge on any atom is 0.142 e. The van der Waals surface area contributed by atoms with Crippen molar-refractivity contribution in [2.75, 3.05) is 0 Å². The minimum Gasteiger partial charge on any atom is -0.327 e. The zero-order valence-electron chi connectivity index (χ0n) is 10.2. The van der Waals surface area contributed by atoms with Crippen LogP contribution >= 0.6 is 11.6 Å². The lowest BCUT2D eigenvalue weighted by molar-refractivity contribution is 0.187. The maximum absolute atomic E-state index is 13.5. The quantitative estimate of drug-likeness (QED) is 0.864. The van der Waals surface area contributed by atoms with Crippen LogP contribution in [0.5, 0.6) is 0 Å². The molecule has 1 aromatic rings. The fourth-order valence-electron chi connectivity index (χ4n) is 2.82. The fourth-order valence-corrected chi connectivity index (χ4v) is 2.94. The van der Waals surface area contributed by atoms with Gasteiger partial charge in [-0.1, -0.05) is 37.4 Å². The van der Waals surface area contributed by atoms with Crippen molar-refractivity contribution < 1.29 is 4.39 Å². The van der Waals surface area contributed by atoms with E-state index in [1.807, 2.05) is 6.07 Å². The topological polar surface area (TPSA) is 26.0 Å². The largest absolute Gasteiger partial charge is 0.327 e. The Bertz CT molecular complexity index is 401. The Labute approximate surface area is 107 Å². The highest BCUT2D eigenvalue weighted by Crippen LogP contribution is 2.47. The van der Waals surface area contributed by atoms with Crippen LogP contribution < -0.4 is 5.73 Å². The van der Waals surface area contributed by atoms with Crippen molar-refractivity contribution in [3.05, 3.63) is 34.6 Å². The van der Waals surface area contributed by atoms with Crippen molar-refractivity contribution in [2.45, 2.75) is 50.5 Å². The van der Waals surface area contributed by atoms with E-state index < -0.39 is 0 Å². The van der Waals surface area contributed by atoms with Crippen LogP contribution in [0.25, 0.3) is 0 Å². The fraction of sp³-hybridized carbons (Fsp3) is 0.571. The molecule has 1 aliphatic carbocycles. The molecule has 0 radical (unpaired) electrons. The molecule has 1 aliphatic rings. The molecule has 94 valence electrons. The molecule has 0 saturated heterocycles. The van der Waals surface area contributed by atoms with Crippen molar-refractivity contribution >= 4 is 11.6 Å². The SMILES string of the molecule is CCCC(N)C1(c2ccc(Cl)c(F)c2)CCC1. The average molecular weight is 256 g/mol. The molecule has 2 N–H and O–H groups in total. The Kier molecular flexibility index (Phi) is 3.74. The average Bonchev–Trinajstić information content (AvgIpc) is 2.22. The van der Waals surface area contributed by atoms with Crippen LogP contribution in [0.4, 0.5) is 4.39 Å². The first-order chi connectivity index (χ1) is 8.10. The van der Waals surface area contributed by atoms with Gasteiger partial charge in [-0.05, 0) is 37.0 Å². The predicted octanol–water partition coefficient (Wildman–Crippen LogP) is 4.03. The Morgan fingerprint density at radius 1 is 1.47 bits per heavy atom. The van der Waals surface area contributed by atoms with Gasteiger partial charge in [0.05, 0.1) is 5.02 Å². The van der Waals surface area contributed by atoms with Gasteiger partial charge >= 0.3 is 0 Å². The zero-order valence-corrected chi connectivity index (χ0v) is 10.9. The van der Waals surface area contributed by atoms with Crippen LogP contribution in [0.15, 0.2) is 18.2 Å². The van der Waals surface area contributed by atoms with Crippen molar-refractivity contribution in [1.29, 1.82) is 0 Å². The molecule has 0 amide bonds. The predicted molar refractivity (Wildman–Crippen MR) is 69.8 cm³/mol. The summed E-state index contributed by atoms with van der Waals surface area (Å²) in [5.41, 5.74) is 7.30. The van der Waals surface area contributed by atoms with Crippen molar-refractivity contribution in [2.24, 2.45) is 5.73 Å². The summed E-state index contributed by atoms with van der Waals surface area (Å²) in [7, 11) is 0. The van der Waals surface area contributed by atoms with Crippen LogP contribution in [-0.4, -0.2) is 6.04 Å². The highest BCUT2D eigenvalue weighted by Gasteiger charge is 2.43. The van der Waals surface area contributed by atoms with Gasteiger partial charge in [0.1, 0.15) is 5.82 Å². The Hall–Kier alpha value is -0.600. The van der Waals surface area contributed by atoms with E-state index in [9.17, 15) is 4.39 Å². The summed E-state index contributed by atoms with van der Waals surface area (Å²) >= 11 is 5.73. The van der Waals surface area contributed by atoms with Gasteiger partial charge in [0.15, 0.2) is 0 Å². The minimum atomic E-state index is -0.334. The maximum atomic E-state index is 13.5. The van der Waals surface area contributed by atoms with Crippen LogP contribution in [0, 0.1) is 5.82 Å². The van der Waals surface area contributed by atoms with E-state index in [4.69, 9.17) is 17.3 Å². The number of hydrogen-bond acceptors (Lipinski definition) is 1. The molecule has 0 aromatic heterocycles. The second kappa shape index (κ2) is 4.95. The Balaban J connectivity index is 2.31. The Morgan fingerprint density at radius 3 is 2.65 bits per heavy atom.